The fraction of sp³-hybridized carbons (Fsp3) is 0.407. The minimum Gasteiger partial charge on any atom is -0.427 e. The van der Waals surface area contributed by atoms with E-state index in [4.69, 9.17) is 25.8 Å². The molecule has 0 spiro atoms. The molecule has 0 saturated heterocycles. The fourth-order valence-corrected chi connectivity index (χ4v) is 4.27. The van der Waals surface area contributed by atoms with Crippen molar-refractivity contribution in [2.75, 3.05) is 13.7 Å². The molecule has 2 aromatic rings. The lowest BCUT2D eigenvalue weighted by molar-refractivity contribution is -0.166. The molecule has 176 valence electrons. The lowest BCUT2D eigenvalue weighted by Gasteiger charge is -2.42. The number of carbonyl (C=O) groups excluding carboxylic acids is 2. The van der Waals surface area contributed by atoms with Crippen molar-refractivity contribution in [3.8, 4) is 11.1 Å². The Morgan fingerprint density at radius 2 is 1.64 bits per heavy atom. The van der Waals surface area contributed by atoms with Crippen LogP contribution in [-0.4, -0.2) is 36.7 Å². The van der Waals surface area contributed by atoms with E-state index in [-0.39, 0.29) is 24.6 Å². The maximum atomic E-state index is 13.7. The van der Waals surface area contributed by atoms with Gasteiger partial charge in [-0.2, -0.15) is 0 Å². The van der Waals surface area contributed by atoms with E-state index in [0.29, 0.717) is 17.0 Å². The van der Waals surface area contributed by atoms with Gasteiger partial charge in [-0.05, 0) is 74.6 Å². The highest BCUT2D eigenvalue weighted by Crippen LogP contribution is 2.43. The van der Waals surface area contributed by atoms with Crippen molar-refractivity contribution >= 4 is 28.9 Å². The number of hydrogen-bond donors (Lipinski definition) is 0. The number of halogens is 1. The quantitative estimate of drug-likeness (QED) is 0.463. The molecule has 0 atom stereocenters. The Hall–Kier alpha value is -2.47. The topological polar surface area (TPSA) is 61.8 Å². The highest BCUT2D eigenvalue weighted by atomic mass is 35.5. The van der Waals surface area contributed by atoms with E-state index in [2.05, 4.69) is 0 Å². The van der Waals surface area contributed by atoms with Crippen LogP contribution in [0.4, 0.5) is 0 Å². The summed E-state index contributed by atoms with van der Waals surface area (Å²) in [5.74, 6) is -0.462. The zero-order valence-corrected chi connectivity index (χ0v) is 20.8. The van der Waals surface area contributed by atoms with Gasteiger partial charge in [0, 0.05) is 12.1 Å². The second-order valence-corrected chi connectivity index (χ2v) is 9.54. The van der Waals surface area contributed by atoms with E-state index in [0.717, 1.165) is 22.3 Å². The minimum atomic E-state index is -1.08. The molecular formula is C27H31ClO5. The molecule has 0 radical (unpaired) electrons. The number of carbonyl (C=O) groups is 2. The predicted molar refractivity (Wildman–Crippen MR) is 130 cm³/mol. The molecule has 0 aliphatic carbocycles. The van der Waals surface area contributed by atoms with Gasteiger partial charge in [-0.1, -0.05) is 42.8 Å². The van der Waals surface area contributed by atoms with Crippen LogP contribution in [0.1, 0.15) is 52.2 Å². The van der Waals surface area contributed by atoms with E-state index < -0.39 is 17.2 Å². The van der Waals surface area contributed by atoms with Gasteiger partial charge < -0.3 is 14.2 Å². The van der Waals surface area contributed by atoms with Crippen LogP contribution in [0.3, 0.4) is 0 Å². The van der Waals surface area contributed by atoms with Crippen LogP contribution in [0, 0.1) is 0 Å². The molecule has 3 rings (SSSR count). The monoisotopic (exact) mass is 470 g/mol. The number of benzene rings is 2. The van der Waals surface area contributed by atoms with Crippen LogP contribution >= 0.6 is 11.6 Å². The number of hydrogen-bond acceptors (Lipinski definition) is 5. The van der Waals surface area contributed by atoms with Crippen LogP contribution in [-0.2, 0) is 30.2 Å². The SMILES string of the molecule is CCc1ccc(-c2ccc(Cl)cc2)cc1C1=C(OC(=O)CCOC)C(C)(C)OC(C)(C)C1=O. The van der Waals surface area contributed by atoms with Gasteiger partial charge in [0.25, 0.3) is 0 Å². The third-order valence-corrected chi connectivity index (χ3v) is 5.97. The number of Topliss-reactive ketones (excluding diaryl/α,β-unsaturated/α-hetero) is 1. The smallest absolute Gasteiger partial charge is 0.313 e. The maximum Gasteiger partial charge on any atom is 0.313 e. The van der Waals surface area contributed by atoms with Crippen LogP contribution in [0.2, 0.25) is 5.02 Å². The first-order chi connectivity index (χ1) is 15.5. The molecule has 6 heteroatoms. The molecule has 0 unspecified atom stereocenters. The molecule has 0 bridgehead atoms. The van der Waals surface area contributed by atoms with Gasteiger partial charge in [0.1, 0.15) is 11.2 Å². The average molecular weight is 471 g/mol. The lowest BCUT2D eigenvalue weighted by atomic mass is 9.80. The Balaban J connectivity index is 2.24. The number of ether oxygens (including phenoxy) is 3. The zero-order chi connectivity index (χ0) is 24.4. The van der Waals surface area contributed by atoms with Crippen LogP contribution in [0.25, 0.3) is 16.7 Å². The Bertz CT molecular complexity index is 1080. The van der Waals surface area contributed by atoms with Gasteiger partial charge in [0.2, 0.25) is 0 Å². The van der Waals surface area contributed by atoms with Gasteiger partial charge in [-0.15, -0.1) is 0 Å². The van der Waals surface area contributed by atoms with Crippen molar-refractivity contribution < 1.29 is 23.8 Å². The molecule has 0 fully saturated rings. The summed E-state index contributed by atoms with van der Waals surface area (Å²) >= 11 is 6.06. The molecule has 0 saturated carbocycles. The van der Waals surface area contributed by atoms with E-state index in [9.17, 15) is 9.59 Å². The summed E-state index contributed by atoms with van der Waals surface area (Å²) in [6.45, 7) is 9.38. The van der Waals surface area contributed by atoms with E-state index in [1.54, 1.807) is 13.8 Å². The van der Waals surface area contributed by atoms with Crippen molar-refractivity contribution in [2.45, 2.75) is 58.7 Å². The highest BCUT2D eigenvalue weighted by Gasteiger charge is 2.48. The summed E-state index contributed by atoms with van der Waals surface area (Å²) in [5, 5.41) is 0.653. The van der Waals surface area contributed by atoms with Crippen LogP contribution in [0.15, 0.2) is 48.2 Å². The van der Waals surface area contributed by atoms with Gasteiger partial charge in [-0.3, -0.25) is 9.59 Å². The van der Waals surface area contributed by atoms with E-state index in [1.807, 2.05) is 63.2 Å². The van der Waals surface area contributed by atoms with Crippen molar-refractivity contribution in [3.63, 3.8) is 0 Å². The lowest BCUT2D eigenvalue weighted by Crippen LogP contribution is -2.50. The molecule has 1 aliphatic rings. The van der Waals surface area contributed by atoms with Crippen LogP contribution in [0.5, 0.6) is 0 Å². The maximum absolute atomic E-state index is 13.7. The third-order valence-electron chi connectivity index (χ3n) is 5.72. The molecule has 0 N–H and O–H groups in total. The van der Waals surface area contributed by atoms with Crippen molar-refractivity contribution in [3.05, 3.63) is 64.4 Å². The minimum absolute atomic E-state index is 0.0758. The normalized spacial score (nSPS) is 17.2. The second kappa shape index (κ2) is 9.80. The summed E-state index contributed by atoms with van der Waals surface area (Å²) in [5.41, 5.74) is 1.95. The Kier molecular flexibility index (Phi) is 7.47. The number of methoxy groups -OCH3 is 1. The molecule has 1 heterocycles. The number of rotatable bonds is 7. The van der Waals surface area contributed by atoms with Crippen molar-refractivity contribution in [1.29, 1.82) is 0 Å². The Morgan fingerprint density at radius 1 is 1.00 bits per heavy atom. The van der Waals surface area contributed by atoms with E-state index >= 15 is 0 Å². The standard InChI is InChI=1S/C27H31ClO5/c1-7-17-8-9-19(18-10-12-20(28)13-11-18)16-21(17)23-24(30)26(2,3)33-27(4,5)25(23)32-22(29)14-15-31-6/h8-13,16H,7,14-15H2,1-6H3. The Morgan fingerprint density at radius 3 is 2.24 bits per heavy atom. The fourth-order valence-electron chi connectivity index (χ4n) is 4.14. The number of esters is 1. The Labute approximate surface area is 200 Å². The van der Waals surface area contributed by atoms with Gasteiger partial charge in [0.05, 0.1) is 18.6 Å². The molecule has 0 amide bonds. The van der Waals surface area contributed by atoms with E-state index in [1.165, 1.54) is 7.11 Å². The van der Waals surface area contributed by atoms with Crippen molar-refractivity contribution in [1.82, 2.24) is 0 Å². The van der Waals surface area contributed by atoms with Crippen LogP contribution < -0.4 is 0 Å². The molecule has 5 nitrogen and oxygen atoms in total. The average Bonchev–Trinajstić information content (AvgIpc) is 2.76. The summed E-state index contributed by atoms with van der Waals surface area (Å²) in [6, 6.07) is 13.6. The highest BCUT2D eigenvalue weighted by molar-refractivity contribution is 6.30. The molecule has 1 aliphatic heterocycles. The van der Waals surface area contributed by atoms with Gasteiger partial charge in [-0.25, -0.2) is 0 Å². The first-order valence-electron chi connectivity index (χ1n) is 11.1. The largest absolute Gasteiger partial charge is 0.427 e. The van der Waals surface area contributed by atoms with Gasteiger partial charge >= 0.3 is 5.97 Å². The first-order valence-corrected chi connectivity index (χ1v) is 11.5. The molecule has 33 heavy (non-hydrogen) atoms. The summed E-state index contributed by atoms with van der Waals surface area (Å²) in [6.07, 6.45) is 0.784. The number of ketones is 1. The molecule has 2 aromatic carbocycles. The number of aryl methyl sites for hydroxylation is 1. The first kappa shape index (κ1) is 25.2. The van der Waals surface area contributed by atoms with Crippen molar-refractivity contribution in [2.24, 2.45) is 0 Å². The summed E-state index contributed by atoms with van der Waals surface area (Å²) in [7, 11) is 1.52. The summed E-state index contributed by atoms with van der Waals surface area (Å²) in [4.78, 5) is 26.2. The zero-order valence-electron chi connectivity index (χ0n) is 20.1. The summed E-state index contributed by atoms with van der Waals surface area (Å²) < 4.78 is 16.9. The molecular weight excluding hydrogens is 440 g/mol. The molecule has 0 aromatic heterocycles. The third kappa shape index (κ3) is 5.37. The van der Waals surface area contributed by atoms with Gasteiger partial charge in [0.15, 0.2) is 11.5 Å². The second-order valence-electron chi connectivity index (χ2n) is 9.11. The predicted octanol–water partition coefficient (Wildman–Crippen LogP) is 6.02.